The van der Waals surface area contributed by atoms with Gasteiger partial charge in [-0.15, -0.1) is 11.8 Å². The summed E-state index contributed by atoms with van der Waals surface area (Å²) in [5, 5.41) is 11.6. The number of carbonyl (C=O) groups is 2. The quantitative estimate of drug-likeness (QED) is 0.768. The summed E-state index contributed by atoms with van der Waals surface area (Å²) < 4.78 is 0.0671. The lowest BCUT2D eigenvalue weighted by Crippen LogP contribution is -2.33. The Morgan fingerprint density at radius 1 is 1.18 bits per heavy atom. The highest BCUT2D eigenvalue weighted by molar-refractivity contribution is 8.01. The van der Waals surface area contributed by atoms with Crippen LogP contribution in [0.4, 0.5) is 0 Å². The summed E-state index contributed by atoms with van der Waals surface area (Å²) in [5.41, 5.74) is -0.787. The molecule has 0 atom stereocenters. The molecule has 5 heteroatoms. The molecule has 0 aromatic rings. The van der Waals surface area contributed by atoms with Crippen molar-refractivity contribution in [3.8, 4) is 0 Å². The van der Waals surface area contributed by atoms with Crippen LogP contribution in [0.25, 0.3) is 0 Å². The molecular weight excluding hydrogens is 238 g/mol. The fraction of sp³-hybridized carbons (Fsp3) is 0.833. The summed E-state index contributed by atoms with van der Waals surface area (Å²) in [6, 6.07) is 0. The van der Waals surface area contributed by atoms with Gasteiger partial charge in [0.05, 0.1) is 11.2 Å². The van der Waals surface area contributed by atoms with Crippen molar-refractivity contribution in [2.45, 2.75) is 45.8 Å². The Labute approximate surface area is 108 Å². The lowest BCUT2D eigenvalue weighted by atomic mass is 9.90. The summed E-state index contributed by atoms with van der Waals surface area (Å²) in [6.07, 6.45) is 0.439. The monoisotopic (exact) mass is 261 g/mol. The van der Waals surface area contributed by atoms with Crippen molar-refractivity contribution in [1.29, 1.82) is 0 Å². The molecule has 0 aliphatic heterocycles. The zero-order valence-corrected chi connectivity index (χ0v) is 12.1. The molecule has 0 fully saturated rings. The fourth-order valence-corrected chi connectivity index (χ4v) is 1.62. The van der Waals surface area contributed by atoms with Crippen LogP contribution in [0.1, 0.15) is 41.0 Å². The topological polar surface area (TPSA) is 66.4 Å². The van der Waals surface area contributed by atoms with Crippen molar-refractivity contribution in [1.82, 2.24) is 5.32 Å². The van der Waals surface area contributed by atoms with Crippen LogP contribution < -0.4 is 5.32 Å². The number of carbonyl (C=O) groups excluding carboxylic acids is 1. The van der Waals surface area contributed by atoms with Gasteiger partial charge in [0.2, 0.25) is 5.91 Å². The molecule has 0 heterocycles. The van der Waals surface area contributed by atoms with E-state index in [1.165, 1.54) is 0 Å². The van der Waals surface area contributed by atoms with Gasteiger partial charge < -0.3 is 10.4 Å². The van der Waals surface area contributed by atoms with Crippen LogP contribution in [0.3, 0.4) is 0 Å². The highest BCUT2D eigenvalue weighted by atomic mass is 32.2. The minimum Gasteiger partial charge on any atom is -0.481 e. The fourth-order valence-electron chi connectivity index (χ4n) is 0.954. The van der Waals surface area contributed by atoms with Gasteiger partial charge in [-0.1, -0.05) is 20.8 Å². The van der Waals surface area contributed by atoms with Crippen LogP contribution >= 0.6 is 11.8 Å². The number of carboxylic acid groups (broad SMARTS) is 1. The first kappa shape index (κ1) is 16.3. The van der Waals surface area contributed by atoms with Gasteiger partial charge in [0.15, 0.2) is 0 Å². The molecule has 0 aliphatic carbocycles. The van der Waals surface area contributed by atoms with E-state index in [1.54, 1.807) is 25.6 Å². The third-order valence-corrected chi connectivity index (χ3v) is 3.56. The van der Waals surface area contributed by atoms with Crippen molar-refractivity contribution >= 4 is 23.6 Å². The van der Waals surface area contributed by atoms with E-state index < -0.39 is 11.4 Å². The molecule has 4 nitrogen and oxygen atoms in total. The number of thioether (sulfide) groups is 1. The Kier molecular flexibility index (Phi) is 6.02. The van der Waals surface area contributed by atoms with Gasteiger partial charge in [-0.05, 0) is 20.3 Å². The summed E-state index contributed by atoms with van der Waals surface area (Å²) in [4.78, 5) is 22.3. The molecule has 0 unspecified atom stereocenters. The molecule has 0 spiro atoms. The molecule has 1 amide bonds. The Bertz CT molecular complexity index is 282. The summed E-state index contributed by atoms with van der Waals surface area (Å²) in [5.74, 6) is -0.460. The maximum absolute atomic E-state index is 11.5. The van der Waals surface area contributed by atoms with Crippen LogP contribution in [-0.2, 0) is 9.59 Å². The minimum absolute atomic E-state index is 0.0360. The summed E-state index contributed by atoms with van der Waals surface area (Å²) in [7, 11) is 0. The first-order chi connectivity index (χ1) is 7.54. The van der Waals surface area contributed by atoms with E-state index >= 15 is 0 Å². The molecule has 100 valence electrons. The van der Waals surface area contributed by atoms with E-state index in [-0.39, 0.29) is 10.7 Å². The first-order valence-electron chi connectivity index (χ1n) is 5.69. The van der Waals surface area contributed by atoms with Crippen molar-refractivity contribution in [3.63, 3.8) is 0 Å². The normalized spacial score (nSPS) is 12.3. The maximum atomic E-state index is 11.5. The van der Waals surface area contributed by atoms with E-state index in [9.17, 15) is 9.59 Å². The smallest absolute Gasteiger partial charge is 0.309 e. The van der Waals surface area contributed by atoms with Crippen LogP contribution in [0, 0.1) is 5.41 Å². The van der Waals surface area contributed by atoms with Crippen molar-refractivity contribution in [2.24, 2.45) is 5.41 Å². The second-order valence-electron chi connectivity index (χ2n) is 5.69. The highest BCUT2D eigenvalue weighted by Crippen LogP contribution is 2.22. The molecule has 0 bridgehead atoms. The number of aliphatic carboxylic acids is 1. The van der Waals surface area contributed by atoms with Crippen LogP contribution in [0.15, 0.2) is 0 Å². The number of carboxylic acids is 1. The number of nitrogens with one attached hydrogen (secondary N) is 1. The second kappa shape index (κ2) is 6.28. The van der Waals surface area contributed by atoms with E-state index in [1.807, 2.05) is 0 Å². The molecule has 0 aliphatic rings. The number of hydrogen-bond acceptors (Lipinski definition) is 3. The summed E-state index contributed by atoms with van der Waals surface area (Å²) >= 11 is 1.58. The Balaban J connectivity index is 3.83. The predicted molar refractivity (Wildman–Crippen MR) is 71.3 cm³/mol. The van der Waals surface area contributed by atoms with Gasteiger partial charge in [0, 0.05) is 11.3 Å². The third kappa shape index (κ3) is 8.07. The SMILES string of the molecule is CC(C)(C)SCC(=O)NCCC(C)(C)C(=O)O. The third-order valence-electron chi connectivity index (χ3n) is 2.29. The van der Waals surface area contributed by atoms with Crippen LogP contribution in [-0.4, -0.2) is 34.0 Å². The van der Waals surface area contributed by atoms with Gasteiger partial charge in [-0.3, -0.25) is 9.59 Å². The average Bonchev–Trinajstić information content (AvgIpc) is 2.13. The average molecular weight is 261 g/mol. The van der Waals surface area contributed by atoms with E-state index in [0.717, 1.165) is 0 Å². The zero-order chi connectivity index (χ0) is 13.7. The maximum Gasteiger partial charge on any atom is 0.309 e. The number of rotatable bonds is 6. The predicted octanol–water partition coefficient (Wildman–Crippen LogP) is 2.14. The molecule has 2 N–H and O–H groups in total. The van der Waals surface area contributed by atoms with Crippen LogP contribution in [0.5, 0.6) is 0 Å². The Hall–Kier alpha value is -0.710. The molecule has 0 saturated heterocycles. The van der Waals surface area contributed by atoms with Crippen molar-refractivity contribution < 1.29 is 14.7 Å². The van der Waals surface area contributed by atoms with Crippen molar-refractivity contribution in [2.75, 3.05) is 12.3 Å². The molecule has 0 aromatic heterocycles. The standard InChI is InChI=1S/C12H23NO3S/c1-11(2,3)17-8-9(14)13-7-6-12(4,5)10(15)16/h6-8H2,1-5H3,(H,13,14)(H,15,16). The lowest BCUT2D eigenvalue weighted by molar-refractivity contribution is -0.147. The number of amides is 1. The van der Waals surface area contributed by atoms with Gasteiger partial charge in [-0.2, -0.15) is 0 Å². The lowest BCUT2D eigenvalue weighted by Gasteiger charge is -2.20. The zero-order valence-electron chi connectivity index (χ0n) is 11.3. The van der Waals surface area contributed by atoms with Crippen molar-refractivity contribution in [3.05, 3.63) is 0 Å². The van der Waals surface area contributed by atoms with E-state index in [2.05, 4.69) is 26.1 Å². The minimum atomic E-state index is -0.837. The van der Waals surface area contributed by atoms with E-state index in [0.29, 0.717) is 18.7 Å². The molecule has 17 heavy (non-hydrogen) atoms. The van der Waals surface area contributed by atoms with Gasteiger partial charge in [-0.25, -0.2) is 0 Å². The summed E-state index contributed by atoms with van der Waals surface area (Å²) in [6.45, 7) is 9.88. The van der Waals surface area contributed by atoms with Crippen LogP contribution in [0.2, 0.25) is 0 Å². The molecular formula is C12H23NO3S. The second-order valence-corrected chi connectivity index (χ2v) is 7.49. The molecule has 0 saturated carbocycles. The largest absolute Gasteiger partial charge is 0.481 e. The van der Waals surface area contributed by atoms with Gasteiger partial charge in [0.1, 0.15) is 0 Å². The first-order valence-corrected chi connectivity index (χ1v) is 6.67. The van der Waals surface area contributed by atoms with Gasteiger partial charge in [0.25, 0.3) is 0 Å². The molecule has 0 rings (SSSR count). The van der Waals surface area contributed by atoms with E-state index in [4.69, 9.17) is 5.11 Å². The Morgan fingerprint density at radius 3 is 2.12 bits per heavy atom. The molecule has 0 aromatic carbocycles. The highest BCUT2D eigenvalue weighted by Gasteiger charge is 2.26. The Morgan fingerprint density at radius 2 is 1.71 bits per heavy atom. The molecule has 0 radical (unpaired) electrons. The van der Waals surface area contributed by atoms with Gasteiger partial charge >= 0.3 is 5.97 Å². The number of hydrogen-bond donors (Lipinski definition) is 2.